The van der Waals surface area contributed by atoms with Gasteiger partial charge >= 0.3 is 0 Å². The van der Waals surface area contributed by atoms with E-state index in [9.17, 15) is 10.2 Å². The minimum absolute atomic E-state index is 0.271. The van der Waals surface area contributed by atoms with Gasteiger partial charge in [-0.05, 0) is 56.7 Å². The summed E-state index contributed by atoms with van der Waals surface area (Å²) in [6.07, 6.45) is 7.11. The van der Waals surface area contributed by atoms with Crippen LogP contribution in [0.4, 0.5) is 0 Å². The van der Waals surface area contributed by atoms with Gasteiger partial charge in [0.25, 0.3) is 0 Å². The summed E-state index contributed by atoms with van der Waals surface area (Å²) in [5.41, 5.74) is 2.98. The van der Waals surface area contributed by atoms with Crippen LogP contribution >= 0.6 is 0 Å². The largest absolute Gasteiger partial charge is 0.507 e. The number of hydrogen-bond acceptors (Lipinski definition) is 5. The number of aryl methyl sites for hydroxylation is 1. The summed E-state index contributed by atoms with van der Waals surface area (Å²) in [4.78, 5) is 0. The van der Waals surface area contributed by atoms with Crippen LogP contribution in [0.3, 0.4) is 0 Å². The second-order valence-corrected chi connectivity index (χ2v) is 8.82. The molecule has 1 aromatic rings. The van der Waals surface area contributed by atoms with Crippen molar-refractivity contribution in [3.05, 3.63) is 34.9 Å². The standard InChI is InChI=1S/C24H36O5/c1-5-7-17-12-19(26)23(24(3)11-6-8-16(2)14-24)20(13-17)28-22-10-9-18(25)21(29-22)15-27-4/h12-14,18,21-22,25-26H,5-11,15H2,1-4H3/t18-,21+,22+,24-/m0/s1. The fourth-order valence-corrected chi connectivity index (χ4v) is 4.77. The average Bonchev–Trinajstić information content (AvgIpc) is 2.64. The van der Waals surface area contributed by atoms with E-state index in [1.165, 1.54) is 5.57 Å². The molecule has 0 unspecified atom stereocenters. The summed E-state index contributed by atoms with van der Waals surface area (Å²) < 4.78 is 17.5. The van der Waals surface area contributed by atoms with Crippen LogP contribution in [0.5, 0.6) is 11.5 Å². The second-order valence-electron chi connectivity index (χ2n) is 8.82. The smallest absolute Gasteiger partial charge is 0.200 e. The topological polar surface area (TPSA) is 68.2 Å². The molecule has 0 amide bonds. The summed E-state index contributed by atoms with van der Waals surface area (Å²) in [5.74, 6) is 0.989. The molecule has 0 saturated carbocycles. The van der Waals surface area contributed by atoms with Crippen LogP contribution in [-0.2, 0) is 21.3 Å². The Balaban J connectivity index is 1.94. The molecule has 29 heavy (non-hydrogen) atoms. The molecule has 0 spiro atoms. The summed E-state index contributed by atoms with van der Waals surface area (Å²) in [7, 11) is 1.60. The first-order chi connectivity index (χ1) is 13.9. The quantitative estimate of drug-likeness (QED) is 0.649. The van der Waals surface area contributed by atoms with Crippen molar-refractivity contribution in [3.8, 4) is 11.5 Å². The highest BCUT2D eigenvalue weighted by molar-refractivity contribution is 5.54. The first-order valence-corrected chi connectivity index (χ1v) is 10.9. The Kier molecular flexibility index (Phi) is 7.25. The highest BCUT2D eigenvalue weighted by atomic mass is 16.7. The van der Waals surface area contributed by atoms with E-state index in [2.05, 4.69) is 32.9 Å². The molecular weight excluding hydrogens is 368 g/mol. The maximum atomic E-state index is 11.0. The van der Waals surface area contributed by atoms with Gasteiger partial charge in [0.1, 0.15) is 17.6 Å². The number of aliphatic hydroxyl groups excluding tert-OH is 1. The van der Waals surface area contributed by atoms with Gasteiger partial charge in [-0.2, -0.15) is 0 Å². The number of phenols is 1. The molecule has 2 N–H and O–H groups in total. The normalized spacial score (nSPS) is 30.1. The van der Waals surface area contributed by atoms with Gasteiger partial charge in [-0.25, -0.2) is 0 Å². The molecule has 5 heteroatoms. The van der Waals surface area contributed by atoms with Crippen LogP contribution in [-0.4, -0.2) is 42.4 Å². The van der Waals surface area contributed by atoms with Crippen molar-refractivity contribution in [1.29, 1.82) is 0 Å². The van der Waals surface area contributed by atoms with Gasteiger partial charge < -0.3 is 24.4 Å². The van der Waals surface area contributed by atoms with Gasteiger partial charge in [-0.15, -0.1) is 0 Å². The first kappa shape index (κ1) is 22.1. The molecule has 1 fully saturated rings. The van der Waals surface area contributed by atoms with E-state index < -0.39 is 18.5 Å². The maximum Gasteiger partial charge on any atom is 0.200 e. The van der Waals surface area contributed by atoms with Gasteiger partial charge in [0.05, 0.1) is 12.7 Å². The van der Waals surface area contributed by atoms with Crippen molar-refractivity contribution in [3.63, 3.8) is 0 Å². The van der Waals surface area contributed by atoms with E-state index in [-0.39, 0.29) is 5.41 Å². The van der Waals surface area contributed by atoms with E-state index >= 15 is 0 Å². The number of hydrogen-bond donors (Lipinski definition) is 2. The molecule has 1 saturated heterocycles. The Morgan fingerprint density at radius 2 is 2.07 bits per heavy atom. The van der Waals surface area contributed by atoms with Gasteiger partial charge in [-0.3, -0.25) is 0 Å². The van der Waals surface area contributed by atoms with E-state index in [4.69, 9.17) is 14.2 Å². The lowest BCUT2D eigenvalue weighted by Gasteiger charge is -2.37. The Morgan fingerprint density at radius 3 is 2.76 bits per heavy atom. The van der Waals surface area contributed by atoms with Gasteiger partial charge in [0, 0.05) is 24.5 Å². The van der Waals surface area contributed by atoms with E-state index in [0.29, 0.717) is 30.9 Å². The number of aliphatic hydroxyl groups is 1. The number of allylic oxidation sites excluding steroid dienone is 2. The lowest BCUT2D eigenvalue weighted by atomic mass is 9.72. The summed E-state index contributed by atoms with van der Waals surface area (Å²) in [6, 6.07) is 3.94. The second kappa shape index (κ2) is 9.50. The van der Waals surface area contributed by atoms with Gasteiger partial charge in [0.2, 0.25) is 0 Å². The highest BCUT2D eigenvalue weighted by Crippen LogP contribution is 2.47. The van der Waals surface area contributed by atoms with Crippen molar-refractivity contribution < 1.29 is 24.4 Å². The van der Waals surface area contributed by atoms with Crippen LogP contribution < -0.4 is 4.74 Å². The molecule has 0 aromatic heterocycles. The summed E-state index contributed by atoms with van der Waals surface area (Å²) >= 11 is 0. The maximum absolute atomic E-state index is 11.0. The molecule has 4 atom stereocenters. The lowest BCUT2D eigenvalue weighted by molar-refractivity contribution is -0.199. The van der Waals surface area contributed by atoms with Crippen LogP contribution in [0.2, 0.25) is 0 Å². The zero-order valence-corrected chi connectivity index (χ0v) is 18.2. The molecule has 1 aromatic carbocycles. The molecule has 3 rings (SSSR count). The first-order valence-electron chi connectivity index (χ1n) is 10.9. The fraction of sp³-hybridized carbons (Fsp3) is 0.667. The third-order valence-corrected chi connectivity index (χ3v) is 6.13. The number of benzene rings is 1. The van der Waals surface area contributed by atoms with Gasteiger partial charge in [-0.1, -0.05) is 31.9 Å². The lowest BCUT2D eigenvalue weighted by Crippen LogP contribution is -2.43. The monoisotopic (exact) mass is 404 g/mol. The summed E-state index contributed by atoms with van der Waals surface area (Å²) in [5, 5.41) is 21.2. The predicted molar refractivity (Wildman–Crippen MR) is 113 cm³/mol. The Hall–Kier alpha value is -1.56. The molecule has 1 aliphatic heterocycles. The number of methoxy groups -OCH3 is 1. The van der Waals surface area contributed by atoms with Crippen molar-refractivity contribution in [1.82, 2.24) is 0 Å². The Morgan fingerprint density at radius 1 is 1.28 bits per heavy atom. The molecule has 2 aliphatic rings. The molecule has 0 radical (unpaired) electrons. The third-order valence-electron chi connectivity index (χ3n) is 6.13. The van der Waals surface area contributed by atoms with Crippen molar-refractivity contribution in [2.45, 2.75) is 89.6 Å². The number of aromatic hydroxyl groups is 1. The summed E-state index contributed by atoms with van der Waals surface area (Å²) in [6.45, 7) is 6.79. The molecular formula is C24H36O5. The van der Waals surface area contributed by atoms with Crippen molar-refractivity contribution >= 4 is 0 Å². The number of ether oxygens (including phenoxy) is 3. The van der Waals surface area contributed by atoms with E-state index in [1.807, 2.05) is 6.07 Å². The minimum Gasteiger partial charge on any atom is -0.507 e. The van der Waals surface area contributed by atoms with Crippen molar-refractivity contribution in [2.75, 3.05) is 13.7 Å². The van der Waals surface area contributed by atoms with Crippen molar-refractivity contribution in [2.24, 2.45) is 0 Å². The van der Waals surface area contributed by atoms with Gasteiger partial charge in [0.15, 0.2) is 6.29 Å². The van der Waals surface area contributed by atoms with E-state index in [0.717, 1.165) is 43.2 Å². The van der Waals surface area contributed by atoms with Crippen LogP contribution in [0.25, 0.3) is 0 Å². The predicted octanol–water partition coefficient (Wildman–Crippen LogP) is 4.62. The third kappa shape index (κ3) is 5.14. The van der Waals surface area contributed by atoms with E-state index in [1.54, 1.807) is 7.11 Å². The Labute approximate surface area is 174 Å². The highest BCUT2D eigenvalue weighted by Gasteiger charge is 2.36. The fourth-order valence-electron chi connectivity index (χ4n) is 4.77. The minimum atomic E-state index is -0.546. The molecule has 1 aliphatic carbocycles. The molecule has 162 valence electrons. The molecule has 0 bridgehead atoms. The van der Waals surface area contributed by atoms with Crippen LogP contribution in [0.1, 0.15) is 70.4 Å². The number of rotatable bonds is 7. The number of phenolic OH excluding ortho intramolecular Hbond substituents is 1. The average molecular weight is 405 g/mol. The SMILES string of the molecule is CCCc1cc(O)c([C@]2(C)C=C(C)CCC2)c(O[C@H]2CC[C@H](O)[C@@H](COC)O2)c1. The molecule has 5 nitrogen and oxygen atoms in total. The van der Waals surface area contributed by atoms with Crippen LogP contribution in [0.15, 0.2) is 23.8 Å². The molecule has 1 heterocycles. The van der Waals surface area contributed by atoms with Crippen LogP contribution in [0, 0.1) is 0 Å². The Bertz CT molecular complexity index is 728. The zero-order valence-electron chi connectivity index (χ0n) is 18.2. The zero-order chi connectivity index (χ0) is 21.0.